The molecule has 3 nitrogen and oxygen atoms in total. The second-order valence-corrected chi connectivity index (χ2v) is 7.90. The highest BCUT2D eigenvalue weighted by atomic mass is 15.4. The first-order chi connectivity index (χ1) is 9.58. The van der Waals surface area contributed by atoms with E-state index in [1.807, 2.05) is 0 Å². The normalized spacial score (nSPS) is 36.7. The van der Waals surface area contributed by atoms with E-state index in [0.717, 1.165) is 11.0 Å². The molecule has 3 saturated heterocycles. The van der Waals surface area contributed by atoms with Crippen molar-refractivity contribution in [2.75, 3.05) is 53.9 Å². The van der Waals surface area contributed by atoms with Gasteiger partial charge in [-0.25, -0.2) is 0 Å². The molecule has 2 aliphatic carbocycles. The first kappa shape index (κ1) is 22.9. The molecule has 23 heavy (non-hydrogen) atoms. The van der Waals surface area contributed by atoms with Crippen molar-refractivity contribution < 1.29 is 0 Å². The van der Waals surface area contributed by atoms with Crippen molar-refractivity contribution in [2.24, 2.45) is 5.41 Å². The number of hydrogen-bond acceptors (Lipinski definition) is 3. The predicted molar refractivity (Wildman–Crippen MR) is 105 cm³/mol. The number of nitrogens with zero attached hydrogens (tertiary/aromatic N) is 3. The number of hydrogen-bond donors (Lipinski definition) is 0. The monoisotopic (exact) mass is 327 g/mol. The maximum Gasteiger partial charge on any atom is 0.0289 e. The van der Waals surface area contributed by atoms with E-state index in [1.165, 1.54) is 77.7 Å². The summed E-state index contributed by atoms with van der Waals surface area (Å²) in [5, 5.41) is 0. The lowest BCUT2D eigenvalue weighted by atomic mass is 10.1. The highest BCUT2D eigenvalue weighted by molar-refractivity contribution is 5.46. The minimum Gasteiger partial charge on any atom is -0.306 e. The Balaban J connectivity index is 0.000000298. The lowest BCUT2D eigenvalue weighted by molar-refractivity contribution is 0.212. The van der Waals surface area contributed by atoms with E-state index in [-0.39, 0.29) is 22.3 Å². The molecule has 0 bridgehead atoms. The van der Waals surface area contributed by atoms with Crippen LogP contribution in [0.15, 0.2) is 0 Å². The van der Waals surface area contributed by atoms with Gasteiger partial charge in [-0.05, 0) is 85.8 Å². The van der Waals surface area contributed by atoms with Crippen molar-refractivity contribution in [1.82, 2.24) is 14.7 Å². The zero-order valence-electron chi connectivity index (χ0n) is 13.8. The van der Waals surface area contributed by atoms with Crippen LogP contribution in [0.25, 0.3) is 0 Å². The summed E-state index contributed by atoms with van der Waals surface area (Å²) in [5.41, 5.74) is 1.76. The van der Waals surface area contributed by atoms with Crippen LogP contribution in [0.5, 0.6) is 0 Å². The van der Waals surface area contributed by atoms with Crippen molar-refractivity contribution >= 4 is 0 Å². The molecule has 0 aromatic rings. The van der Waals surface area contributed by atoms with Crippen LogP contribution >= 0.6 is 0 Å². The summed E-state index contributed by atoms with van der Waals surface area (Å²) in [5.74, 6) is 0. The number of piperidine rings is 1. The van der Waals surface area contributed by atoms with Crippen LogP contribution < -0.4 is 0 Å². The third kappa shape index (κ3) is 4.70. The Labute approximate surface area is 147 Å². The standard InChI is InChI=1S/C6H9N.C6H13N.C5H11N.3CH4/c1-7-4-5-2-6(5,7)3-5;1-7-5-3-2-4-6-7;1-6-4-2-3-5-6;;;/h2-4H2,1H3;2-6H2,1H3;2-5H2,1H3;3*1H4. The van der Waals surface area contributed by atoms with E-state index in [0.29, 0.717) is 0 Å². The first-order valence-electron chi connectivity index (χ1n) is 8.66. The lowest BCUT2D eigenvalue weighted by Crippen LogP contribution is -2.35. The summed E-state index contributed by atoms with van der Waals surface area (Å²) in [6.45, 7) is 6.69. The predicted octanol–water partition coefficient (Wildman–Crippen LogP) is 4.19. The minimum absolute atomic E-state index is 0. The molecule has 0 amide bonds. The summed E-state index contributed by atoms with van der Waals surface area (Å²) >= 11 is 0. The molecule has 3 aliphatic heterocycles. The molecule has 0 unspecified atom stereocenters. The quantitative estimate of drug-likeness (QED) is 0.660. The second-order valence-electron chi connectivity index (χ2n) is 7.90. The average molecular weight is 328 g/mol. The molecule has 0 N–H and O–H groups in total. The van der Waals surface area contributed by atoms with E-state index >= 15 is 0 Å². The van der Waals surface area contributed by atoms with E-state index in [2.05, 4.69) is 35.8 Å². The molecule has 5 aliphatic rings. The number of rotatable bonds is 0. The molecule has 0 radical (unpaired) electrons. The van der Waals surface area contributed by atoms with Gasteiger partial charge in [0, 0.05) is 17.5 Å². The molecule has 140 valence electrons. The Morgan fingerprint density at radius 2 is 1.00 bits per heavy atom. The van der Waals surface area contributed by atoms with E-state index < -0.39 is 0 Å². The Morgan fingerprint density at radius 3 is 1.09 bits per heavy atom. The van der Waals surface area contributed by atoms with Crippen molar-refractivity contribution in [3.8, 4) is 0 Å². The highest BCUT2D eigenvalue weighted by Gasteiger charge is 2.91. The zero-order valence-corrected chi connectivity index (χ0v) is 13.8. The summed E-state index contributed by atoms with van der Waals surface area (Å²) in [4.78, 5) is 7.26. The summed E-state index contributed by atoms with van der Waals surface area (Å²) < 4.78 is 0. The van der Waals surface area contributed by atoms with E-state index in [1.54, 1.807) is 0 Å². The fraction of sp³-hybridized carbons (Fsp3) is 1.00. The van der Waals surface area contributed by atoms with Gasteiger partial charge in [0.15, 0.2) is 0 Å². The Kier molecular flexibility index (Phi) is 8.78. The van der Waals surface area contributed by atoms with Crippen LogP contribution in [-0.4, -0.2) is 74.1 Å². The van der Waals surface area contributed by atoms with Gasteiger partial charge >= 0.3 is 0 Å². The molecule has 5 rings (SSSR count). The van der Waals surface area contributed by atoms with Gasteiger partial charge in [0.2, 0.25) is 0 Å². The highest BCUT2D eigenvalue weighted by Crippen LogP contribution is 2.88. The third-order valence-corrected chi connectivity index (χ3v) is 6.18. The van der Waals surface area contributed by atoms with Gasteiger partial charge in [0.25, 0.3) is 0 Å². The third-order valence-electron chi connectivity index (χ3n) is 6.18. The molecule has 5 fully saturated rings. The molecule has 2 saturated carbocycles. The molecule has 0 aromatic heterocycles. The van der Waals surface area contributed by atoms with Gasteiger partial charge in [0.1, 0.15) is 0 Å². The van der Waals surface area contributed by atoms with E-state index in [9.17, 15) is 0 Å². The van der Waals surface area contributed by atoms with Gasteiger partial charge < -0.3 is 9.80 Å². The van der Waals surface area contributed by atoms with Gasteiger partial charge in [-0.2, -0.15) is 0 Å². The van der Waals surface area contributed by atoms with Crippen molar-refractivity contribution in [1.29, 1.82) is 0 Å². The Bertz CT molecular complexity index is 324. The van der Waals surface area contributed by atoms with Gasteiger partial charge in [-0.3, -0.25) is 4.90 Å². The largest absolute Gasteiger partial charge is 0.306 e. The molecule has 0 aromatic carbocycles. The van der Waals surface area contributed by atoms with E-state index in [4.69, 9.17) is 0 Å². The van der Waals surface area contributed by atoms with Crippen LogP contribution in [0.3, 0.4) is 0 Å². The molecule has 3 heterocycles. The molecule has 0 atom stereocenters. The summed E-state index contributed by atoms with van der Waals surface area (Å²) in [6.07, 6.45) is 10.2. The van der Waals surface area contributed by atoms with Gasteiger partial charge in [0.05, 0.1) is 0 Å². The SMILES string of the molecule is C.C.C.CN1CC23CC12C3.CN1CCCC1.CN1CCCCC1. The zero-order chi connectivity index (χ0) is 14.2. The Morgan fingerprint density at radius 1 is 0.609 bits per heavy atom. The maximum atomic E-state index is 2.51. The molecule has 0 spiro atoms. The van der Waals surface area contributed by atoms with Crippen LogP contribution in [0.1, 0.15) is 67.2 Å². The fourth-order valence-electron chi connectivity index (χ4n) is 4.35. The van der Waals surface area contributed by atoms with Crippen molar-refractivity contribution in [2.45, 2.75) is 72.8 Å². The summed E-state index contributed by atoms with van der Waals surface area (Å²) in [6, 6.07) is 0. The molecular weight excluding hydrogens is 282 g/mol. The van der Waals surface area contributed by atoms with Crippen molar-refractivity contribution in [3.05, 3.63) is 0 Å². The van der Waals surface area contributed by atoms with Crippen LogP contribution in [0.4, 0.5) is 0 Å². The van der Waals surface area contributed by atoms with Gasteiger partial charge in [-0.1, -0.05) is 28.7 Å². The van der Waals surface area contributed by atoms with Crippen LogP contribution in [0.2, 0.25) is 0 Å². The topological polar surface area (TPSA) is 9.72 Å². The average Bonchev–Trinajstić information content (AvgIpc) is 2.97. The molecular formula is C20H45N3. The second kappa shape index (κ2) is 8.82. The minimum atomic E-state index is 0. The first-order valence-corrected chi connectivity index (χ1v) is 8.66. The Hall–Kier alpha value is -0.120. The summed E-state index contributed by atoms with van der Waals surface area (Å²) in [7, 11) is 6.62. The number of likely N-dealkylation sites (tertiary alicyclic amines) is 3. The maximum absolute atomic E-state index is 2.51. The van der Waals surface area contributed by atoms with Crippen molar-refractivity contribution in [3.63, 3.8) is 0 Å². The van der Waals surface area contributed by atoms with Crippen LogP contribution in [0, 0.1) is 5.41 Å². The van der Waals surface area contributed by atoms with Gasteiger partial charge in [-0.15, -0.1) is 0 Å². The smallest absolute Gasteiger partial charge is 0.0289 e. The molecule has 3 heteroatoms. The van der Waals surface area contributed by atoms with Crippen LogP contribution in [-0.2, 0) is 0 Å². The lowest BCUT2D eigenvalue weighted by Gasteiger charge is -2.23. The fourth-order valence-corrected chi connectivity index (χ4v) is 4.35.